The van der Waals surface area contributed by atoms with Crippen LogP contribution in [0, 0.1) is 0 Å². The molecule has 9 heteroatoms. The Balaban J connectivity index is 1.38. The van der Waals surface area contributed by atoms with Crippen LogP contribution in [0.4, 0.5) is 0 Å². The Bertz CT molecular complexity index is 1250. The molecule has 0 aliphatic carbocycles. The lowest BCUT2D eigenvalue weighted by Crippen LogP contribution is -2.03. The lowest BCUT2D eigenvalue weighted by molar-refractivity contribution is 0.174. The lowest BCUT2D eigenvalue weighted by atomic mass is 10.2. The summed E-state index contributed by atoms with van der Waals surface area (Å²) in [5.41, 5.74) is 1.86. The predicted molar refractivity (Wildman–Crippen MR) is 126 cm³/mol. The minimum Gasteiger partial charge on any atom is -0.491 e. The normalized spacial score (nSPS) is 12.2. The van der Waals surface area contributed by atoms with Crippen LogP contribution in [-0.4, -0.2) is 33.9 Å². The first-order valence-corrected chi connectivity index (χ1v) is 11.5. The van der Waals surface area contributed by atoms with Crippen molar-refractivity contribution in [2.75, 3.05) is 19.2 Å². The molecule has 0 bridgehead atoms. The highest BCUT2D eigenvalue weighted by Crippen LogP contribution is 2.37. The maximum atomic E-state index is 6.18. The van der Waals surface area contributed by atoms with Crippen LogP contribution in [0.3, 0.4) is 0 Å². The van der Waals surface area contributed by atoms with Gasteiger partial charge in [-0.3, -0.25) is 4.57 Å². The van der Waals surface area contributed by atoms with Crippen LogP contribution in [-0.2, 0) is 0 Å². The molecule has 0 saturated heterocycles. The van der Waals surface area contributed by atoms with Gasteiger partial charge in [-0.1, -0.05) is 53.2 Å². The zero-order chi connectivity index (χ0) is 21.9. The topological polar surface area (TPSA) is 58.4 Å². The van der Waals surface area contributed by atoms with Crippen molar-refractivity contribution in [2.24, 2.45) is 0 Å². The summed E-state index contributed by atoms with van der Waals surface area (Å²) in [5, 5.41) is 10.7. The van der Waals surface area contributed by atoms with Crippen molar-refractivity contribution >= 4 is 35.0 Å². The second-order valence-electron chi connectivity index (χ2n) is 6.82. The van der Waals surface area contributed by atoms with Gasteiger partial charge in [0, 0.05) is 22.0 Å². The third-order valence-corrected chi connectivity index (χ3v) is 6.17. The van der Waals surface area contributed by atoms with Crippen molar-refractivity contribution in [1.29, 1.82) is 0 Å². The van der Waals surface area contributed by atoms with Gasteiger partial charge in [0.15, 0.2) is 22.5 Å². The third-order valence-electron chi connectivity index (χ3n) is 4.74. The van der Waals surface area contributed by atoms with Crippen LogP contribution in [0.1, 0.15) is 0 Å². The highest BCUT2D eigenvalue weighted by atomic mass is 35.5. The predicted octanol–water partition coefficient (Wildman–Crippen LogP) is 6.14. The molecule has 0 unspecified atom stereocenters. The van der Waals surface area contributed by atoms with Gasteiger partial charge < -0.3 is 14.2 Å². The van der Waals surface area contributed by atoms with E-state index in [0.717, 1.165) is 28.0 Å². The fourth-order valence-electron chi connectivity index (χ4n) is 3.27. The van der Waals surface area contributed by atoms with Gasteiger partial charge in [-0.05, 0) is 48.5 Å². The van der Waals surface area contributed by atoms with Crippen LogP contribution in [0.15, 0.2) is 71.9 Å². The molecule has 1 aliphatic rings. The van der Waals surface area contributed by atoms with E-state index in [1.54, 1.807) is 30.0 Å². The molecule has 3 aromatic carbocycles. The second-order valence-corrected chi connectivity index (χ2v) is 8.72. The number of ether oxygens (including phenoxy) is 3. The van der Waals surface area contributed by atoms with E-state index >= 15 is 0 Å². The Morgan fingerprint density at radius 3 is 2.62 bits per heavy atom. The maximum Gasteiger partial charge on any atom is 0.231 e. The Labute approximate surface area is 199 Å². The summed E-state index contributed by atoms with van der Waals surface area (Å²) in [7, 11) is 0. The molecule has 4 aromatic rings. The van der Waals surface area contributed by atoms with Crippen LogP contribution in [0.25, 0.3) is 17.1 Å². The molecule has 0 radical (unpaired) electrons. The summed E-state index contributed by atoms with van der Waals surface area (Å²) in [4.78, 5) is 0. The number of aromatic nitrogens is 3. The van der Waals surface area contributed by atoms with Crippen LogP contribution < -0.4 is 14.2 Å². The molecule has 0 atom stereocenters. The van der Waals surface area contributed by atoms with Gasteiger partial charge in [0.1, 0.15) is 5.75 Å². The van der Waals surface area contributed by atoms with Gasteiger partial charge >= 0.3 is 0 Å². The number of nitrogens with zero attached hydrogens (tertiary/aromatic N) is 3. The Kier molecular flexibility index (Phi) is 6.12. The zero-order valence-electron chi connectivity index (χ0n) is 16.7. The highest BCUT2D eigenvalue weighted by molar-refractivity contribution is 7.99. The van der Waals surface area contributed by atoms with E-state index in [2.05, 4.69) is 10.2 Å². The molecule has 0 spiro atoms. The summed E-state index contributed by atoms with van der Waals surface area (Å²) in [6, 6.07) is 20.9. The molecule has 0 amide bonds. The fourth-order valence-corrected chi connectivity index (χ4v) is 4.50. The van der Waals surface area contributed by atoms with E-state index in [1.165, 1.54) is 0 Å². The molecular formula is C23H17Cl2N3O3S. The summed E-state index contributed by atoms with van der Waals surface area (Å²) in [6.45, 7) is 0.677. The van der Waals surface area contributed by atoms with Crippen molar-refractivity contribution in [3.05, 3.63) is 76.8 Å². The fraction of sp³-hybridized carbons (Fsp3) is 0.130. The molecule has 1 aromatic heterocycles. The summed E-state index contributed by atoms with van der Waals surface area (Å²) >= 11 is 13.7. The van der Waals surface area contributed by atoms with Crippen LogP contribution >= 0.6 is 35.0 Å². The first kappa shape index (κ1) is 21.0. The van der Waals surface area contributed by atoms with Crippen LogP contribution in [0.5, 0.6) is 17.2 Å². The number of fused-ring (bicyclic) bond motifs is 1. The number of halogens is 2. The van der Waals surface area contributed by atoms with Gasteiger partial charge in [0.2, 0.25) is 6.79 Å². The quantitative estimate of drug-likeness (QED) is 0.231. The smallest absolute Gasteiger partial charge is 0.231 e. The molecule has 32 heavy (non-hydrogen) atoms. The van der Waals surface area contributed by atoms with E-state index in [0.29, 0.717) is 33.9 Å². The van der Waals surface area contributed by atoms with Gasteiger partial charge in [-0.15, -0.1) is 10.2 Å². The molecule has 6 nitrogen and oxygen atoms in total. The molecule has 0 fully saturated rings. The van der Waals surface area contributed by atoms with E-state index in [1.807, 2.05) is 53.1 Å². The van der Waals surface area contributed by atoms with Gasteiger partial charge in [0.05, 0.1) is 11.6 Å². The summed E-state index contributed by atoms with van der Waals surface area (Å²) in [5.74, 6) is 3.41. The lowest BCUT2D eigenvalue weighted by Gasteiger charge is -2.11. The molecule has 162 valence electrons. The molecule has 0 N–H and O–H groups in total. The van der Waals surface area contributed by atoms with Gasteiger partial charge in [-0.2, -0.15) is 0 Å². The average molecular weight is 486 g/mol. The monoisotopic (exact) mass is 485 g/mol. The molecule has 1 aliphatic heterocycles. The first-order valence-electron chi connectivity index (χ1n) is 9.80. The Morgan fingerprint density at radius 2 is 1.78 bits per heavy atom. The number of hydrogen-bond acceptors (Lipinski definition) is 6. The number of para-hydroxylation sites is 1. The van der Waals surface area contributed by atoms with Crippen molar-refractivity contribution in [3.63, 3.8) is 0 Å². The third kappa shape index (κ3) is 4.37. The zero-order valence-corrected chi connectivity index (χ0v) is 19.0. The molecular weight excluding hydrogens is 469 g/mol. The number of rotatable bonds is 7. The number of hydrogen-bond donors (Lipinski definition) is 0. The van der Waals surface area contributed by atoms with Crippen LogP contribution in [0.2, 0.25) is 10.0 Å². The number of thioether (sulfide) groups is 1. The van der Waals surface area contributed by atoms with Gasteiger partial charge in [-0.25, -0.2) is 0 Å². The minimum absolute atomic E-state index is 0.225. The number of benzene rings is 3. The van der Waals surface area contributed by atoms with Crippen molar-refractivity contribution in [1.82, 2.24) is 14.8 Å². The molecule has 2 heterocycles. The van der Waals surface area contributed by atoms with E-state index in [9.17, 15) is 0 Å². The van der Waals surface area contributed by atoms with Crippen molar-refractivity contribution in [3.8, 4) is 34.3 Å². The standard InChI is InChI=1S/C23H17Cl2N3O3S/c24-16-7-9-19(18(25)13-16)29-10-11-32-23-27-26-22(28(23)17-4-2-1-3-5-17)15-6-8-20-21(12-15)31-14-30-20/h1-9,12-13H,10-11,14H2. The largest absolute Gasteiger partial charge is 0.491 e. The van der Waals surface area contributed by atoms with Crippen molar-refractivity contribution < 1.29 is 14.2 Å². The first-order chi connectivity index (χ1) is 15.7. The minimum atomic E-state index is 0.225. The van der Waals surface area contributed by atoms with Gasteiger partial charge in [0.25, 0.3) is 0 Å². The Hall–Kier alpha value is -2.87. The van der Waals surface area contributed by atoms with Crippen molar-refractivity contribution in [2.45, 2.75) is 5.16 Å². The van der Waals surface area contributed by atoms with E-state index in [4.69, 9.17) is 37.4 Å². The summed E-state index contributed by atoms with van der Waals surface area (Å²) < 4.78 is 18.8. The maximum absolute atomic E-state index is 6.18. The Morgan fingerprint density at radius 1 is 0.938 bits per heavy atom. The SMILES string of the molecule is Clc1ccc(OCCSc2nnc(-c3ccc4c(c3)OCO4)n2-c2ccccc2)c(Cl)c1. The molecule has 5 rings (SSSR count). The van der Waals surface area contributed by atoms with E-state index < -0.39 is 0 Å². The highest BCUT2D eigenvalue weighted by Gasteiger charge is 2.20. The summed E-state index contributed by atoms with van der Waals surface area (Å²) in [6.07, 6.45) is 0. The van der Waals surface area contributed by atoms with E-state index in [-0.39, 0.29) is 6.79 Å². The molecule has 0 saturated carbocycles. The second kappa shape index (κ2) is 9.32. The average Bonchev–Trinajstić information content (AvgIpc) is 3.45.